The maximum Gasteiger partial charge on any atom is 0.321 e. The van der Waals surface area contributed by atoms with E-state index in [1.807, 2.05) is 0 Å². The summed E-state index contributed by atoms with van der Waals surface area (Å²) in [4.78, 5) is 33.4. The molecule has 1 aliphatic rings. The van der Waals surface area contributed by atoms with Crippen LogP contribution in [-0.2, 0) is 16.0 Å². The molecule has 7 nitrogen and oxygen atoms in total. The fourth-order valence-corrected chi connectivity index (χ4v) is 1.68. The van der Waals surface area contributed by atoms with Gasteiger partial charge in [0.15, 0.2) is 6.61 Å². The Kier molecular flexibility index (Phi) is 4.76. The molecule has 3 amide bonds. The van der Waals surface area contributed by atoms with E-state index in [9.17, 15) is 14.4 Å². The maximum atomic E-state index is 11.5. The zero-order valence-electron chi connectivity index (χ0n) is 11.3. The third-order valence-electron chi connectivity index (χ3n) is 2.79. The lowest BCUT2D eigenvalue weighted by Crippen LogP contribution is -2.42. The summed E-state index contributed by atoms with van der Waals surface area (Å²) in [5, 5.41) is 13.5. The lowest BCUT2D eigenvalue weighted by atomic mass is 10.1. The van der Waals surface area contributed by atoms with Crippen molar-refractivity contribution in [3.8, 4) is 5.75 Å². The number of carbonyl (C=O) groups excluding carboxylic acids is 2. The Balaban J connectivity index is 1.77. The van der Waals surface area contributed by atoms with Gasteiger partial charge >= 0.3 is 12.0 Å². The van der Waals surface area contributed by atoms with Crippen molar-refractivity contribution in [3.05, 3.63) is 29.8 Å². The fourth-order valence-electron chi connectivity index (χ4n) is 1.68. The Bertz CT molecular complexity index is 554. The Morgan fingerprint density at radius 1 is 1.29 bits per heavy atom. The number of hydrogen-bond acceptors (Lipinski definition) is 4. The van der Waals surface area contributed by atoms with Crippen LogP contribution in [0.25, 0.3) is 0 Å². The van der Waals surface area contributed by atoms with E-state index in [4.69, 9.17) is 9.84 Å². The molecule has 0 aliphatic heterocycles. The molecule has 1 aromatic rings. The molecule has 0 atom stereocenters. The summed E-state index contributed by atoms with van der Waals surface area (Å²) in [5.74, 6) is -1.12. The average molecular weight is 292 g/mol. The molecule has 0 radical (unpaired) electrons. The Labute approximate surface area is 121 Å². The van der Waals surface area contributed by atoms with Gasteiger partial charge < -0.3 is 15.2 Å². The molecule has 0 heterocycles. The molecule has 0 spiro atoms. The van der Waals surface area contributed by atoms with Crippen LogP contribution >= 0.6 is 0 Å². The smallest absolute Gasteiger partial charge is 0.321 e. The SMILES string of the molecule is O=C(O)Cc1cccc(OCC(=O)NC(=O)NC2CC2)c1. The highest BCUT2D eigenvalue weighted by atomic mass is 16.5. The number of carboxylic acids is 1. The highest BCUT2D eigenvalue weighted by Crippen LogP contribution is 2.18. The minimum absolute atomic E-state index is 0.118. The van der Waals surface area contributed by atoms with Gasteiger partial charge in [-0.1, -0.05) is 12.1 Å². The van der Waals surface area contributed by atoms with Gasteiger partial charge in [0, 0.05) is 6.04 Å². The molecule has 0 aromatic heterocycles. The summed E-state index contributed by atoms with van der Waals surface area (Å²) in [7, 11) is 0. The van der Waals surface area contributed by atoms with Gasteiger partial charge in [0.05, 0.1) is 6.42 Å². The molecule has 7 heteroatoms. The number of ether oxygens (including phenoxy) is 1. The lowest BCUT2D eigenvalue weighted by Gasteiger charge is -2.08. The number of amides is 3. The van der Waals surface area contributed by atoms with E-state index >= 15 is 0 Å². The van der Waals surface area contributed by atoms with Gasteiger partial charge in [-0.3, -0.25) is 14.9 Å². The van der Waals surface area contributed by atoms with Crippen molar-refractivity contribution in [2.75, 3.05) is 6.61 Å². The largest absolute Gasteiger partial charge is 0.484 e. The first-order chi connectivity index (χ1) is 10.0. The van der Waals surface area contributed by atoms with Gasteiger partial charge in [0.1, 0.15) is 5.75 Å². The van der Waals surface area contributed by atoms with Crippen LogP contribution in [0.15, 0.2) is 24.3 Å². The Hall–Kier alpha value is -2.57. The molecule has 3 N–H and O–H groups in total. The summed E-state index contributed by atoms with van der Waals surface area (Å²) in [6.45, 7) is -0.311. The maximum absolute atomic E-state index is 11.5. The molecule has 0 unspecified atom stereocenters. The van der Waals surface area contributed by atoms with E-state index in [-0.39, 0.29) is 19.1 Å². The van der Waals surface area contributed by atoms with Crippen LogP contribution in [-0.4, -0.2) is 35.7 Å². The van der Waals surface area contributed by atoms with Gasteiger partial charge in [-0.25, -0.2) is 4.79 Å². The first kappa shape index (κ1) is 14.8. The molecular formula is C14H16N2O5. The minimum Gasteiger partial charge on any atom is -0.484 e. The number of rotatable bonds is 6. The highest BCUT2D eigenvalue weighted by molar-refractivity contribution is 5.95. The summed E-state index contributed by atoms with van der Waals surface area (Å²) in [6, 6.07) is 6.11. The highest BCUT2D eigenvalue weighted by Gasteiger charge is 2.23. The first-order valence-corrected chi connectivity index (χ1v) is 6.57. The lowest BCUT2D eigenvalue weighted by molar-refractivity contribution is -0.136. The van der Waals surface area contributed by atoms with Crippen LogP contribution in [0.3, 0.4) is 0 Å². The monoisotopic (exact) mass is 292 g/mol. The van der Waals surface area contributed by atoms with E-state index in [0.29, 0.717) is 11.3 Å². The van der Waals surface area contributed by atoms with Gasteiger partial charge in [0.2, 0.25) is 0 Å². The van der Waals surface area contributed by atoms with Crippen molar-refractivity contribution in [1.29, 1.82) is 0 Å². The second-order valence-corrected chi connectivity index (χ2v) is 4.80. The van der Waals surface area contributed by atoms with Crippen LogP contribution < -0.4 is 15.4 Å². The summed E-state index contributed by atoms with van der Waals surface area (Å²) < 4.78 is 5.23. The fraction of sp³-hybridized carbons (Fsp3) is 0.357. The quantitative estimate of drug-likeness (QED) is 0.715. The molecule has 0 saturated heterocycles. The molecule has 1 aromatic carbocycles. The standard InChI is InChI=1S/C14H16N2O5/c17-12(16-14(20)15-10-4-5-10)8-21-11-3-1-2-9(6-11)7-13(18)19/h1-3,6,10H,4-5,7-8H2,(H,18,19)(H2,15,16,17,20). The second-order valence-electron chi connectivity index (χ2n) is 4.80. The van der Waals surface area contributed by atoms with Gasteiger partial charge in [-0.15, -0.1) is 0 Å². The van der Waals surface area contributed by atoms with Gasteiger partial charge in [0.25, 0.3) is 5.91 Å². The van der Waals surface area contributed by atoms with Crippen molar-refractivity contribution in [1.82, 2.24) is 10.6 Å². The predicted molar refractivity (Wildman–Crippen MR) is 73.0 cm³/mol. The van der Waals surface area contributed by atoms with Crippen molar-refractivity contribution < 1.29 is 24.2 Å². The summed E-state index contributed by atoms with van der Waals surface area (Å²) >= 11 is 0. The molecule has 112 valence electrons. The van der Waals surface area contributed by atoms with Crippen LogP contribution in [0.1, 0.15) is 18.4 Å². The number of benzene rings is 1. The Morgan fingerprint density at radius 2 is 2.05 bits per heavy atom. The van der Waals surface area contributed by atoms with E-state index < -0.39 is 17.9 Å². The van der Waals surface area contributed by atoms with Crippen LogP contribution in [0.5, 0.6) is 5.75 Å². The summed E-state index contributed by atoms with van der Waals surface area (Å²) in [6.07, 6.45) is 1.76. The number of hydrogen-bond donors (Lipinski definition) is 3. The molecule has 1 fully saturated rings. The average Bonchev–Trinajstić information content (AvgIpc) is 3.19. The van der Waals surface area contributed by atoms with Crippen molar-refractivity contribution >= 4 is 17.9 Å². The van der Waals surface area contributed by atoms with Gasteiger partial charge in [-0.2, -0.15) is 0 Å². The Morgan fingerprint density at radius 3 is 2.71 bits per heavy atom. The number of carbonyl (C=O) groups is 3. The zero-order valence-corrected chi connectivity index (χ0v) is 11.3. The number of imide groups is 1. The van der Waals surface area contributed by atoms with Crippen molar-refractivity contribution in [3.63, 3.8) is 0 Å². The molecule has 1 aliphatic carbocycles. The predicted octanol–water partition coefficient (Wildman–Crippen LogP) is 0.681. The number of aliphatic carboxylic acids is 1. The van der Waals surface area contributed by atoms with E-state index in [0.717, 1.165) is 12.8 Å². The number of carboxylic acid groups (broad SMARTS) is 1. The minimum atomic E-state index is -0.943. The zero-order chi connectivity index (χ0) is 15.2. The topological polar surface area (TPSA) is 105 Å². The van der Waals surface area contributed by atoms with Crippen LogP contribution in [0.2, 0.25) is 0 Å². The van der Waals surface area contributed by atoms with E-state index in [2.05, 4.69) is 10.6 Å². The first-order valence-electron chi connectivity index (χ1n) is 6.57. The number of urea groups is 1. The van der Waals surface area contributed by atoms with Crippen molar-refractivity contribution in [2.45, 2.75) is 25.3 Å². The third kappa shape index (κ3) is 5.52. The van der Waals surface area contributed by atoms with Crippen LogP contribution in [0, 0.1) is 0 Å². The van der Waals surface area contributed by atoms with Gasteiger partial charge in [-0.05, 0) is 30.5 Å². The van der Waals surface area contributed by atoms with E-state index in [1.54, 1.807) is 24.3 Å². The molecule has 21 heavy (non-hydrogen) atoms. The van der Waals surface area contributed by atoms with E-state index in [1.165, 1.54) is 0 Å². The van der Waals surface area contributed by atoms with Crippen molar-refractivity contribution in [2.24, 2.45) is 0 Å². The normalized spacial score (nSPS) is 13.3. The van der Waals surface area contributed by atoms with Crippen LogP contribution in [0.4, 0.5) is 4.79 Å². The molecule has 2 rings (SSSR count). The third-order valence-corrected chi connectivity index (χ3v) is 2.79. The molecule has 1 saturated carbocycles. The molecular weight excluding hydrogens is 276 g/mol. The molecule has 0 bridgehead atoms. The second kappa shape index (κ2) is 6.74. The number of nitrogens with one attached hydrogen (secondary N) is 2. The summed E-state index contributed by atoms with van der Waals surface area (Å²) in [5.41, 5.74) is 0.576.